The van der Waals surface area contributed by atoms with Gasteiger partial charge in [-0.3, -0.25) is 9.59 Å². The van der Waals surface area contributed by atoms with Crippen molar-refractivity contribution in [3.63, 3.8) is 0 Å². The minimum atomic E-state index is -0.532. The van der Waals surface area contributed by atoms with Crippen LogP contribution in [0.1, 0.15) is 17.3 Å². The van der Waals surface area contributed by atoms with Gasteiger partial charge in [0.25, 0.3) is 5.91 Å². The van der Waals surface area contributed by atoms with Crippen molar-refractivity contribution in [2.24, 2.45) is 0 Å². The summed E-state index contributed by atoms with van der Waals surface area (Å²) in [6.07, 6.45) is 0. The van der Waals surface area contributed by atoms with E-state index in [1.54, 1.807) is 24.3 Å². The zero-order valence-corrected chi connectivity index (χ0v) is 11.3. The van der Waals surface area contributed by atoms with E-state index in [4.69, 9.17) is 5.73 Å². The highest BCUT2D eigenvalue weighted by Crippen LogP contribution is 2.18. The predicted octanol–water partition coefficient (Wildman–Crippen LogP) is 2.62. The lowest BCUT2D eigenvalue weighted by atomic mass is 10.1. The lowest BCUT2D eigenvalue weighted by Crippen LogP contribution is -2.14. The van der Waals surface area contributed by atoms with E-state index in [0.717, 1.165) is 6.07 Å². The number of hydrogen-bond donors (Lipinski definition) is 3. The summed E-state index contributed by atoms with van der Waals surface area (Å²) in [6.45, 7) is 1.41. The van der Waals surface area contributed by atoms with E-state index >= 15 is 0 Å². The molecule has 4 N–H and O–H groups in total. The number of anilines is 3. The number of hydrogen-bond acceptors (Lipinski definition) is 3. The smallest absolute Gasteiger partial charge is 0.257 e. The quantitative estimate of drug-likeness (QED) is 0.759. The molecule has 0 spiro atoms. The molecule has 0 aliphatic rings. The summed E-state index contributed by atoms with van der Waals surface area (Å²) in [4.78, 5) is 22.9. The van der Waals surface area contributed by atoms with Crippen LogP contribution in [0, 0.1) is 5.82 Å². The second-order valence-electron chi connectivity index (χ2n) is 4.44. The highest BCUT2D eigenvalue weighted by atomic mass is 19.1. The van der Waals surface area contributed by atoms with E-state index in [-0.39, 0.29) is 17.2 Å². The third-order valence-corrected chi connectivity index (χ3v) is 2.72. The average Bonchev–Trinajstić information content (AvgIpc) is 2.43. The highest BCUT2D eigenvalue weighted by Gasteiger charge is 2.11. The van der Waals surface area contributed by atoms with Crippen molar-refractivity contribution >= 4 is 28.9 Å². The van der Waals surface area contributed by atoms with Crippen molar-refractivity contribution in [2.45, 2.75) is 6.92 Å². The van der Waals surface area contributed by atoms with Crippen molar-refractivity contribution in [1.29, 1.82) is 0 Å². The van der Waals surface area contributed by atoms with Crippen LogP contribution in [0.15, 0.2) is 42.5 Å². The first-order chi connectivity index (χ1) is 9.95. The summed E-state index contributed by atoms with van der Waals surface area (Å²) >= 11 is 0. The van der Waals surface area contributed by atoms with Crippen molar-refractivity contribution in [2.75, 3.05) is 16.4 Å². The van der Waals surface area contributed by atoms with Crippen LogP contribution in [0.3, 0.4) is 0 Å². The topological polar surface area (TPSA) is 84.2 Å². The first kappa shape index (κ1) is 14.5. The number of amides is 2. The summed E-state index contributed by atoms with van der Waals surface area (Å²) in [5.74, 6) is -1.21. The third kappa shape index (κ3) is 3.79. The fourth-order valence-electron chi connectivity index (χ4n) is 1.76. The lowest BCUT2D eigenvalue weighted by molar-refractivity contribution is -0.114. The molecule has 0 bridgehead atoms. The largest absolute Gasteiger partial charge is 0.398 e. The van der Waals surface area contributed by atoms with Gasteiger partial charge in [0.2, 0.25) is 5.91 Å². The fourth-order valence-corrected chi connectivity index (χ4v) is 1.76. The maximum absolute atomic E-state index is 13.1. The van der Waals surface area contributed by atoms with E-state index in [1.807, 2.05) is 0 Å². The minimum absolute atomic E-state index is 0.0703. The Morgan fingerprint density at radius 1 is 1.00 bits per heavy atom. The number of halogens is 1. The SMILES string of the molecule is CC(=O)Nc1ccc(NC(=O)c2cc(F)ccc2N)cc1. The molecule has 2 rings (SSSR count). The molecule has 21 heavy (non-hydrogen) atoms. The van der Waals surface area contributed by atoms with E-state index in [0.29, 0.717) is 11.4 Å². The maximum atomic E-state index is 13.1. The Bertz CT molecular complexity index is 684. The molecule has 0 aliphatic heterocycles. The molecular formula is C15H14FN3O2. The normalized spacial score (nSPS) is 10.0. The van der Waals surface area contributed by atoms with Crippen LogP contribution < -0.4 is 16.4 Å². The Balaban J connectivity index is 2.12. The summed E-state index contributed by atoms with van der Waals surface area (Å²) in [6, 6.07) is 10.1. The zero-order valence-electron chi connectivity index (χ0n) is 11.3. The number of carbonyl (C=O) groups excluding carboxylic acids is 2. The number of rotatable bonds is 3. The second kappa shape index (κ2) is 6.04. The molecule has 0 saturated heterocycles. The Morgan fingerprint density at radius 3 is 2.14 bits per heavy atom. The third-order valence-electron chi connectivity index (χ3n) is 2.72. The molecule has 0 aromatic heterocycles. The number of nitrogen functional groups attached to an aromatic ring is 1. The molecule has 0 unspecified atom stereocenters. The standard InChI is InChI=1S/C15H14FN3O2/c1-9(20)18-11-3-5-12(6-4-11)19-15(21)13-8-10(16)2-7-14(13)17/h2-8H,17H2,1H3,(H,18,20)(H,19,21). The van der Waals surface area contributed by atoms with Crippen LogP contribution in [0.25, 0.3) is 0 Å². The summed E-state index contributed by atoms with van der Waals surface area (Å²) in [5.41, 5.74) is 7.04. The van der Waals surface area contributed by atoms with Crippen LogP contribution >= 0.6 is 0 Å². The van der Waals surface area contributed by atoms with E-state index < -0.39 is 11.7 Å². The number of benzene rings is 2. The molecule has 2 aromatic carbocycles. The molecule has 5 nitrogen and oxygen atoms in total. The highest BCUT2D eigenvalue weighted by molar-refractivity contribution is 6.07. The molecule has 0 heterocycles. The van der Waals surface area contributed by atoms with Crippen LogP contribution in [0.5, 0.6) is 0 Å². The monoisotopic (exact) mass is 287 g/mol. The van der Waals surface area contributed by atoms with Gasteiger partial charge in [-0.25, -0.2) is 4.39 Å². The summed E-state index contributed by atoms with van der Waals surface area (Å²) in [5, 5.41) is 5.22. The van der Waals surface area contributed by atoms with Gasteiger partial charge in [-0.05, 0) is 42.5 Å². The van der Waals surface area contributed by atoms with Crippen molar-refractivity contribution < 1.29 is 14.0 Å². The van der Waals surface area contributed by atoms with Gasteiger partial charge in [0.1, 0.15) is 5.82 Å². The Morgan fingerprint density at radius 2 is 1.57 bits per heavy atom. The molecule has 6 heteroatoms. The molecular weight excluding hydrogens is 273 g/mol. The summed E-state index contributed by atoms with van der Waals surface area (Å²) in [7, 11) is 0. The maximum Gasteiger partial charge on any atom is 0.257 e. The predicted molar refractivity (Wildman–Crippen MR) is 79.5 cm³/mol. The van der Waals surface area contributed by atoms with Crippen LogP contribution in [-0.2, 0) is 4.79 Å². The zero-order chi connectivity index (χ0) is 15.4. The average molecular weight is 287 g/mol. The van der Waals surface area contributed by atoms with Crippen molar-refractivity contribution in [3.8, 4) is 0 Å². The molecule has 0 radical (unpaired) electrons. The van der Waals surface area contributed by atoms with Crippen molar-refractivity contribution in [1.82, 2.24) is 0 Å². The molecule has 2 amide bonds. The first-order valence-electron chi connectivity index (χ1n) is 6.20. The molecule has 2 aromatic rings. The lowest BCUT2D eigenvalue weighted by Gasteiger charge is -2.08. The van der Waals surface area contributed by atoms with Gasteiger partial charge >= 0.3 is 0 Å². The van der Waals surface area contributed by atoms with Gasteiger partial charge in [-0.1, -0.05) is 0 Å². The molecule has 0 fully saturated rings. The van der Waals surface area contributed by atoms with Gasteiger partial charge in [-0.15, -0.1) is 0 Å². The van der Waals surface area contributed by atoms with Gasteiger partial charge in [0.05, 0.1) is 5.56 Å². The Kier molecular flexibility index (Phi) is 4.18. The van der Waals surface area contributed by atoms with E-state index in [1.165, 1.54) is 19.1 Å². The second-order valence-corrected chi connectivity index (χ2v) is 4.44. The van der Waals surface area contributed by atoms with Crippen molar-refractivity contribution in [3.05, 3.63) is 53.8 Å². The van der Waals surface area contributed by atoms with Crippen LogP contribution in [0.2, 0.25) is 0 Å². The number of carbonyl (C=O) groups is 2. The molecule has 0 atom stereocenters. The van der Waals surface area contributed by atoms with E-state index in [2.05, 4.69) is 10.6 Å². The molecule has 108 valence electrons. The molecule has 0 saturated carbocycles. The van der Waals surface area contributed by atoms with Gasteiger partial charge in [0, 0.05) is 24.0 Å². The minimum Gasteiger partial charge on any atom is -0.398 e. The fraction of sp³-hybridized carbons (Fsp3) is 0.0667. The Hall–Kier alpha value is -2.89. The molecule has 0 aliphatic carbocycles. The number of nitrogens with two attached hydrogens (primary N) is 1. The first-order valence-corrected chi connectivity index (χ1v) is 6.20. The Labute approximate surface area is 121 Å². The van der Waals surface area contributed by atoms with Gasteiger partial charge < -0.3 is 16.4 Å². The summed E-state index contributed by atoms with van der Waals surface area (Å²) < 4.78 is 13.1. The van der Waals surface area contributed by atoms with E-state index in [9.17, 15) is 14.0 Å². The van der Waals surface area contributed by atoms with Gasteiger partial charge in [-0.2, -0.15) is 0 Å². The van der Waals surface area contributed by atoms with Crippen LogP contribution in [0.4, 0.5) is 21.5 Å². The van der Waals surface area contributed by atoms with Gasteiger partial charge in [0.15, 0.2) is 0 Å². The number of nitrogens with one attached hydrogen (secondary N) is 2. The van der Waals surface area contributed by atoms with Crippen LogP contribution in [-0.4, -0.2) is 11.8 Å².